The van der Waals surface area contributed by atoms with Crippen LogP contribution in [-0.4, -0.2) is 56.0 Å². The third-order valence-corrected chi connectivity index (χ3v) is 4.30. The maximum atomic E-state index is 10.8. The van der Waals surface area contributed by atoms with E-state index >= 15 is 0 Å². The molecule has 2 N–H and O–H groups in total. The van der Waals surface area contributed by atoms with Crippen molar-refractivity contribution in [2.24, 2.45) is 0 Å². The Labute approximate surface area is 136 Å². The fourth-order valence-electron chi connectivity index (χ4n) is 3.10. The number of nitrogens with one attached hydrogen (secondary N) is 1. The summed E-state index contributed by atoms with van der Waals surface area (Å²) in [4.78, 5) is 0. The summed E-state index contributed by atoms with van der Waals surface area (Å²) >= 11 is 0. The molecule has 2 aliphatic heterocycles. The van der Waals surface area contributed by atoms with Crippen LogP contribution < -0.4 is 5.32 Å². The average molecular weight is 323 g/mol. The Balaban J connectivity index is 1.72. The lowest BCUT2D eigenvalue weighted by atomic mass is 9.95. The molecule has 6 heteroatoms. The molecule has 0 bridgehead atoms. The second-order valence-electron chi connectivity index (χ2n) is 5.93. The van der Waals surface area contributed by atoms with E-state index < -0.39 is 24.8 Å². The van der Waals surface area contributed by atoms with E-state index in [1.54, 1.807) is 7.11 Å². The highest BCUT2D eigenvalue weighted by Crippen LogP contribution is 2.34. The number of aliphatic hydroxyl groups excluding tert-OH is 1. The molecular formula is C17H25NO5. The van der Waals surface area contributed by atoms with Gasteiger partial charge in [-0.05, 0) is 13.0 Å². The third-order valence-electron chi connectivity index (χ3n) is 4.30. The van der Waals surface area contributed by atoms with Crippen molar-refractivity contribution in [1.82, 2.24) is 5.32 Å². The molecule has 1 aromatic carbocycles. The van der Waals surface area contributed by atoms with Gasteiger partial charge in [0, 0.05) is 12.7 Å². The topological polar surface area (TPSA) is 69.2 Å². The zero-order chi connectivity index (χ0) is 16.2. The maximum absolute atomic E-state index is 10.8. The fourth-order valence-corrected chi connectivity index (χ4v) is 3.10. The molecule has 0 unspecified atom stereocenters. The van der Waals surface area contributed by atoms with Crippen LogP contribution in [0.15, 0.2) is 30.3 Å². The van der Waals surface area contributed by atoms with Crippen LogP contribution in [0.25, 0.3) is 0 Å². The summed E-state index contributed by atoms with van der Waals surface area (Å²) in [6, 6.07) is 9.40. The van der Waals surface area contributed by atoms with Gasteiger partial charge in [0.2, 0.25) is 0 Å². The van der Waals surface area contributed by atoms with E-state index in [1.807, 2.05) is 30.3 Å². The molecule has 0 aliphatic carbocycles. The lowest BCUT2D eigenvalue weighted by molar-refractivity contribution is -0.341. The monoisotopic (exact) mass is 323 g/mol. The Bertz CT molecular complexity index is 485. The Morgan fingerprint density at radius 1 is 1.26 bits per heavy atom. The van der Waals surface area contributed by atoms with Crippen molar-refractivity contribution in [2.45, 2.75) is 50.3 Å². The van der Waals surface area contributed by atoms with E-state index in [1.165, 1.54) is 0 Å². The minimum atomic E-state index is -0.722. The summed E-state index contributed by atoms with van der Waals surface area (Å²) in [5.41, 5.74) is 0.935. The zero-order valence-corrected chi connectivity index (χ0v) is 13.6. The van der Waals surface area contributed by atoms with Gasteiger partial charge in [0.15, 0.2) is 12.6 Å². The van der Waals surface area contributed by atoms with Gasteiger partial charge in [-0.2, -0.15) is 0 Å². The summed E-state index contributed by atoms with van der Waals surface area (Å²) in [5, 5.41) is 14.0. The fraction of sp³-hybridized carbons (Fsp3) is 0.647. The van der Waals surface area contributed by atoms with Crippen LogP contribution in [-0.2, 0) is 18.9 Å². The van der Waals surface area contributed by atoms with E-state index in [0.717, 1.165) is 18.5 Å². The van der Waals surface area contributed by atoms with Crippen LogP contribution in [0.2, 0.25) is 0 Å². The van der Waals surface area contributed by atoms with Crippen molar-refractivity contribution in [3.63, 3.8) is 0 Å². The molecule has 23 heavy (non-hydrogen) atoms. The standard InChI is InChI=1S/C17H25NO5/c1-3-9-18-13-14(19)15-12(22-17(13)20-2)10-21-16(23-15)11-7-5-4-6-8-11/h4-8,12-19H,3,9-10H2,1-2H3/t12-,13-,14+,15-,16-,17+/m1/s1. The molecule has 2 fully saturated rings. The summed E-state index contributed by atoms with van der Waals surface area (Å²) < 4.78 is 23.0. The van der Waals surface area contributed by atoms with Gasteiger partial charge < -0.3 is 29.4 Å². The molecule has 6 atom stereocenters. The number of hydrogen-bond donors (Lipinski definition) is 2. The molecule has 3 rings (SSSR count). The number of methoxy groups -OCH3 is 1. The van der Waals surface area contributed by atoms with Gasteiger partial charge in [0.25, 0.3) is 0 Å². The quantitative estimate of drug-likeness (QED) is 0.849. The Morgan fingerprint density at radius 2 is 2.04 bits per heavy atom. The number of fused-ring (bicyclic) bond motifs is 1. The molecule has 0 amide bonds. The summed E-state index contributed by atoms with van der Waals surface area (Å²) in [6.45, 7) is 3.21. The first-order chi connectivity index (χ1) is 11.2. The highest BCUT2D eigenvalue weighted by molar-refractivity contribution is 5.16. The van der Waals surface area contributed by atoms with Crippen molar-refractivity contribution in [3.05, 3.63) is 35.9 Å². The lowest BCUT2D eigenvalue weighted by Gasteiger charge is -2.47. The molecule has 0 saturated carbocycles. The second-order valence-corrected chi connectivity index (χ2v) is 5.93. The predicted octanol–water partition coefficient (Wildman–Crippen LogP) is 1.20. The zero-order valence-electron chi connectivity index (χ0n) is 13.6. The van der Waals surface area contributed by atoms with Gasteiger partial charge in [-0.1, -0.05) is 37.3 Å². The van der Waals surface area contributed by atoms with Gasteiger partial charge in [-0.25, -0.2) is 0 Å². The summed E-state index contributed by atoms with van der Waals surface area (Å²) in [7, 11) is 1.58. The lowest BCUT2D eigenvalue weighted by Crippen LogP contribution is -2.66. The van der Waals surface area contributed by atoms with E-state index in [9.17, 15) is 5.11 Å². The van der Waals surface area contributed by atoms with Crippen molar-refractivity contribution in [1.29, 1.82) is 0 Å². The average Bonchev–Trinajstić information content (AvgIpc) is 2.61. The highest BCUT2D eigenvalue weighted by Gasteiger charge is 2.49. The number of aliphatic hydroxyl groups is 1. The van der Waals surface area contributed by atoms with Crippen LogP contribution in [0, 0.1) is 0 Å². The summed E-state index contributed by atoms with van der Waals surface area (Å²) in [5.74, 6) is 0. The minimum Gasteiger partial charge on any atom is -0.388 e. The van der Waals surface area contributed by atoms with Gasteiger partial charge in [0.05, 0.1) is 12.6 Å². The molecule has 2 aliphatic rings. The van der Waals surface area contributed by atoms with Gasteiger partial charge in [0.1, 0.15) is 18.3 Å². The normalized spacial score (nSPS) is 37.3. The number of ether oxygens (including phenoxy) is 4. The van der Waals surface area contributed by atoms with E-state index in [2.05, 4.69) is 12.2 Å². The maximum Gasteiger partial charge on any atom is 0.184 e. The summed E-state index contributed by atoms with van der Waals surface area (Å²) in [6.07, 6.45) is -1.55. The predicted molar refractivity (Wildman–Crippen MR) is 83.8 cm³/mol. The Morgan fingerprint density at radius 3 is 2.74 bits per heavy atom. The Kier molecular flexibility index (Phi) is 5.63. The van der Waals surface area contributed by atoms with Crippen molar-refractivity contribution in [2.75, 3.05) is 20.3 Å². The van der Waals surface area contributed by atoms with Crippen molar-refractivity contribution in [3.8, 4) is 0 Å². The number of hydrogen-bond acceptors (Lipinski definition) is 6. The second kappa shape index (κ2) is 7.70. The largest absolute Gasteiger partial charge is 0.388 e. The highest BCUT2D eigenvalue weighted by atomic mass is 16.7. The van der Waals surface area contributed by atoms with E-state index in [0.29, 0.717) is 6.61 Å². The van der Waals surface area contributed by atoms with Gasteiger partial charge in [-0.15, -0.1) is 0 Å². The molecule has 2 heterocycles. The van der Waals surface area contributed by atoms with Crippen LogP contribution in [0.1, 0.15) is 25.2 Å². The molecule has 0 spiro atoms. The van der Waals surface area contributed by atoms with Gasteiger partial charge >= 0.3 is 0 Å². The van der Waals surface area contributed by atoms with E-state index in [4.69, 9.17) is 18.9 Å². The first-order valence-electron chi connectivity index (χ1n) is 8.16. The minimum absolute atomic E-state index is 0.323. The number of rotatable bonds is 5. The molecule has 128 valence electrons. The molecule has 0 radical (unpaired) electrons. The van der Waals surface area contributed by atoms with Crippen molar-refractivity contribution < 1.29 is 24.1 Å². The number of benzene rings is 1. The van der Waals surface area contributed by atoms with Crippen LogP contribution in [0.3, 0.4) is 0 Å². The Hall–Kier alpha value is -1.02. The first kappa shape index (κ1) is 16.8. The molecule has 6 nitrogen and oxygen atoms in total. The van der Waals surface area contributed by atoms with Gasteiger partial charge in [-0.3, -0.25) is 0 Å². The van der Waals surface area contributed by atoms with Crippen LogP contribution in [0.4, 0.5) is 0 Å². The molecule has 0 aromatic heterocycles. The van der Waals surface area contributed by atoms with E-state index in [-0.39, 0.29) is 12.1 Å². The smallest absolute Gasteiger partial charge is 0.184 e. The van der Waals surface area contributed by atoms with Crippen LogP contribution in [0.5, 0.6) is 0 Å². The molecule has 1 aromatic rings. The van der Waals surface area contributed by atoms with Crippen molar-refractivity contribution >= 4 is 0 Å². The SMILES string of the molecule is CCCN[C@H]1[C@@H](OC)O[C@@H]2CO[C@@H](c3ccccc3)O[C@H]2[C@H]1O. The molecule has 2 saturated heterocycles. The molecular weight excluding hydrogens is 298 g/mol. The third kappa shape index (κ3) is 3.57. The first-order valence-corrected chi connectivity index (χ1v) is 8.16. The van der Waals surface area contributed by atoms with Crippen LogP contribution >= 0.6 is 0 Å².